The quantitative estimate of drug-likeness (QED) is 0.804. The van der Waals surface area contributed by atoms with Gasteiger partial charge in [-0.3, -0.25) is 19.3 Å². The van der Waals surface area contributed by atoms with Gasteiger partial charge < -0.3 is 10.4 Å². The fourth-order valence-electron chi connectivity index (χ4n) is 4.70. The van der Waals surface area contributed by atoms with Gasteiger partial charge in [-0.25, -0.2) is 4.79 Å². The van der Waals surface area contributed by atoms with E-state index in [-0.39, 0.29) is 47.6 Å². The van der Waals surface area contributed by atoms with Gasteiger partial charge in [-0.1, -0.05) is 6.07 Å². The first-order valence-corrected chi connectivity index (χ1v) is 8.44. The van der Waals surface area contributed by atoms with Gasteiger partial charge in [0, 0.05) is 5.69 Å². The lowest BCUT2D eigenvalue weighted by Gasteiger charge is -2.19. The molecule has 1 aromatic rings. The van der Waals surface area contributed by atoms with E-state index in [1.54, 1.807) is 6.07 Å². The first-order chi connectivity index (χ1) is 12.0. The average molecular weight is 342 g/mol. The van der Waals surface area contributed by atoms with Gasteiger partial charge in [-0.2, -0.15) is 0 Å². The second-order valence-electron chi connectivity index (χ2n) is 7.08. The summed E-state index contributed by atoms with van der Waals surface area (Å²) in [6, 6.07) is 5.84. The highest BCUT2D eigenvalue weighted by Gasteiger charge is 2.60. The molecule has 2 saturated carbocycles. The van der Waals surface area contributed by atoms with Gasteiger partial charge in [0.1, 0.15) is 6.54 Å². The molecular weight excluding hydrogens is 324 g/mol. The molecule has 3 aliphatic rings. The topological polar surface area (TPSA) is 104 Å². The third kappa shape index (κ3) is 2.50. The van der Waals surface area contributed by atoms with Gasteiger partial charge in [-0.05, 0) is 49.3 Å². The number of hydrogen-bond donors (Lipinski definition) is 2. The van der Waals surface area contributed by atoms with E-state index in [0.29, 0.717) is 5.69 Å². The minimum Gasteiger partial charge on any atom is -0.478 e. The summed E-state index contributed by atoms with van der Waals surface area (Å²) >= 11 is 0. The normalized spacial score (nSPS) is 29.8. The first kappa shape index (κ1) is 15.8. The number of likely N-dealkylation sites (tertiary alicyclic amines) is 1. The molecule has 7 nitrogen and oxygen atoms in total. The van der Waals surface area contributed by atoms with E-state index in [4.69, 9.17) is 5.11 Å². The van der Waals surface area contributed by atoms with Gasteiger partial charge in [0.05, 0.1) is 17.4 Å². The van der Waals surface area contributed by atoms with Crippen LogP contribution in [0.5, 0.6) is 0 Å². The fourth-order valence-corrected chi connectivity index (χ4v) is 4.70. The van der Waals surface area contributed by atoms with E-state index in [0.717, 1.165) is 24.2 Å². The minimum atomic E-state index is -1.09. The van der Waals surface area contributed by atoms with Crippen LogP contribution in [0.1, 0.15) is 29.6 Å². The van der Waals surface area contributed by atoms with Crippen LogP contribution in [-0.4, -0.2) is 40.2 Å². The van der Waals surface area contributed by atoms with Crippen LogP contribution in [0.4, 0.5) is 5.69 Å². The van der Waals surface area contributed by atoms with Crippen LogP contribution in [-0.2, 0) is 14.4 Å². The highest BCUT2D eigenvalue weighted by molar-refractivity contribution is 6.09. The molecule has 3 amide bonds. The maximum atomic E-state index is 12.6. The highest BCUT2D eigenvalue weighted by Crippen LogP contribution is 2.56. The zero-order valence-electron chi connectivity index (χ0n) is 13.5. The first-order valence-electron chi connectivity index (χ1n) is 8.44. The number of carbonyl (C=O) groups excluding carboxylic acids is 3. The standard InChI is InChI=1S/C18H18N2O5/c21-13(19-12-3-1-2-11(7-12)18(24)25)8-20-16(22)14-9-4-5-10(6-9)15(14)17(20)23/h1-3,7,9-10,14-15H,4-6,8H2,(H,19,21)(H,24,25)/t9-,10-,14-,15+/m0/s1. The summed E-state index contributed by atoms with van der Waals surface area (Å²) in [6.07, 6.45) is 2.94. The Morgan fingerprint density at radius 3 is 2.36 bits per heavy atom. The number of nitrogens with zero attached hydrogens (tertiary/aromatic N) is 1. The third-order valence-electron chi connectivity index (χ3n) is 5.71. The molecule has 0 radical (unpaired) electrons. The van der Waals surface area contributed by atoms with Gasteiger partial charge in [0.2, 0.25) is 17.7 Å². The molecule has 4 atom stereocenters. The fraction of sp³-hybridized carbons (Fsp3) is 0.444. The van der Waals surface area contributed by atoms with Gasteiger partial charge in [-0.15, -0.1) is 0 Å². The zero-order chi connectivity index (χ0) is 17.7. The Bertz CT molecular complexity index is 761. The molecule has 2 N–H and O–H groups in total. The van der Waals surface area contributed by atoms with Crippen molar-refractivity contribution in [1.29, 1.82) is 0 Å². The maximum absolute atomic E-state index is 12.6. The lowest BCUT2D eigenvalue weighted by Crippen LogP contribution is -2.39. The number of anilines is 1. The number of imide groups is 1. The van der Waals surface area contributed by atoms with E-state index in [1.807, 2.05) is 0 Å². The number of amides is 3. The van der Waals surface area contributed by atoms with Crippen molar-refractivity contribution in [1.82, 2.24) is 4.90 Å². The number of aromatic carboxylic acids is 1. The molecule has 1 heterocycles. The van der Waals surface area contributed by atoms with Crippen molar-refractivity contribution >= 4 is 29.4 Å². The lowest BCUT2D eigenvalue weighted by molar-refractivity contribution is -0.143. The van der Waals surface area contributed by atoms with E-state index >= 15 is 0 Å². The van der Waals surface area contributed by atoms with E-state index in [9.17, 15) is 19.2 Å². The lowest BCUT2D eigenvalue weighted by atomic mass is 9.81. The number of carboxylic acid groups (broad SMARTS) is 1. The predicted octanol–water partition coefficient (Wildman–Crippen LogP) is 1.35. The minimum absolute atomic E-state index is 0.0530. The molecule has 0 unspecified atom stereocenters. The summed E-state index contributed by atoms with van der Waals surface area (Å²) in [5.41, 5.74) is 0.376. The molecule has 1 aliphatic heterocycles. The Kier molecular flexibility index (Phi) is 3.59. The van der Waals surface area contributed by atoms with Crippen molar-refractivity contribution in [2.45, 2.75) is 19.3 Å². The largest absolute Gasteiger partial charge is 0.478 e. The molecular formula is C18H18N2O5. The highest BCUT2D eigenvalue weighted by atomic mass is 16.4. The molecule has 2 aliphatic carbocycles. The number of nitrogens with one attached hydrogen (secondary N) is 1. The Morgan fingerprint density at radius 1 is 1.12 bits per heavy atom. The number of rotatable bonds is 4. The predicted molar refractivity (Wildman–Crippen MR) is 86.6 cm³/mol. The van der Waals surface area contributed by atoms with Crippen molar-refractivity contribution in [3.8, 4) is 0 Å². The van der Waals surface area contributed by atoms with Gasteiger partial charge >= 0.3 is 5.97 Å². The molecule has 7 heteroatoms. The Balaban J connectivity index is 1.45. The summed E-state index contributed by atoms with van der Waals surface area (Å²) in [5.74, 6) is -1.96. The van der Waals surface area contributed by atoms with Crippen LogP contribution in [0.25, 0.3) is 0 Å². The Morgan fingerprint density at radius 2 is 1.76 bits per heavy atom. The number of carboxylic acids is 1. The van der Waals surface area contributed by atoms with Crippen molar-refractivity contribution < 1.29 is 24.3 Å². The van der Waals surface area contributed by atoms with Gasteiger partial charge in [0.15, 0.2) is 0 Å². The zero-order valence-corrected chi connectivity index (χ0v) is 13.5. The van der Waals surface area contributed by atoms with Crippen molar-refractivity contribution in [2.75, 3.05) is 11.9 Å². The maximum Gasteiger partial charge on any atom is 0.335 e. The summed E-state index contributed by atoms with van der Waals surface area (Å²) in [6.45, 7) is -0.318. The molecule has 0 aromatic heterocycles. The van der Waals surface area contributed by atoms with Gasteiger partial charge in [0.25, 0.3) is 0 Å². The van der Waals surface area contributed by atoms with E-state index < -0.39 is 11.9 Å². The summed E-state index contributed by atoms with van der Waals surface area (Å²) in [4.78, 5) is 49.4. The molecule has 3 fully saturated rings. The SMILES string of the molecule is O=C(CN1C(=O)[C@@H]2[C@H]3CC[C@@H](C3)[C@@H]2C1=O)Nc1cccc(C(=O)O)c1. The number of fused-ring (bicyclic) bond motifs is 5. The van der Waals surface area contributed by atoms with Crippen molar-refractivity contribution in [3.63, 3.8) is 0 Å². The van der Waals surface area contributed by atoms with E-state index in [2.05, 4.69) is 5.32 Å². The van der Waals surface area contributed by atoms with Crippen LogP contribution in [0.2, 0.25) is 0 Å². The monoisotopic (exact) mass is 342 g/mol. The van der Waals surface area contributed by atoms with Crippen LogP contribution >= 0.6 is 0 Å². The van der Waals surface area contributed by atoms with Crippen molar-refractivity contribution in [2.24, 2.45) is 23.7 Å². The third-order valence-corrected chi connectivity index (χ3v) is 5.71. The number of carbonyl (C=O) groups is 4. The molecule has 1 aromatic carbocycles. The van der Waals surface area contributed by atoms with Crippen LogP contribution < -0.4 is 5.32 Å². The average Bonchev–Trinajstić information content (AvgIpc) is 3.25. The molecule has 1 saturated heterocycles. The smallest absolute Gasteiger partial charge is 0.335 e. The second kappa shape index (κ2) is 5.68. The summed E-state index contributed by atoms with van der Waals surface area (Å²) < 4.78 is 0. The molecule has 25 heavy (non-hydrogen) atoms. The summed E-state index contributed by atoms with van der Waals surface area (Å²) in [5, 5.41) is 11.5. The molecule has 4 rings (SSSR count). The molecule has 2 bridgehead atoms. The van der Waals surface area contributed by atoms with Crippen LogP contribution in [0.3, 0.4) is 0 Å². The Hall–Kier alpha value is -2.70. The molecule has 130 valence electrons. The van der Waals surface area contributed by atoms with Crippen LogP contribution in [0.15, 0.2) is 24.3 Å². The molecule has 0 spiro atoms. The van der Waals surface area contributed by atoms with Crippen molar-refractivity contribution in [3.05, 3.63) is 29.8 Å². The second-order valence-corrected chi connectivity index (χ2v) is 7.08. The summed E-state index contributed by atoms with van der Waals surface area (Å²) in [7, 11) is 0. The van der Waals surface area contributed by atoms with E-state index in [1.165, 1.54) is 18.2 Å². The van der Waals surface area contributed by atoms with Crippen LogP contribution in [0, 0.1) is 23.7 Å². The number of hydrogen-bond acceptors (Lipinski definition) is 4. The Labute approximate surface area is 144 Å². The number of benzene rings is 1.